The second kappa shape index (κ2) is 5.66. The Kier molecular flexibility index (Phi) is 3.76. The van der Waals surface area contributed by atoms with E-state index in [2.05, 4.69) is 10.3 Å². The van der Waals surface area contributed by atoms with Crippen LogP contribution in [0.2, 0.25) is 0 Å². The van der Waals surface area contributed by atoms with E-state index in [0.29, 0.717) is 5.69 Å². The lowest BCUT2D eigenvalue weighted by Crippen LogP contribution is -2.00. The topological polar surface area (TPSA) is 129 Å². The number of nitrogens with zero attached hydrogens (tertiary/aromatic N) is 3. The zero-order valence-electron chi connectivity index (χ0n) is 10.5. The van der Waals surface area contributed by atoms with Crippen molar-refractivity contribution in [3.63, 3.8) is 0 Å². The summed E-state index contributed by atoms with van der Waals surface area (Å²) in [6.45, 7) is 0. The molecule has 1 aromatic carbocycles. The van der Waals surface area contributed by atoms with Crippen molar-refractivity contribution in [2.24, 2.45) is 0 Å². The highest BCUT2D eigenvalue weighted by molar-refractivity contribution is 5.88. The average Bonchev–Trinajstić information content (AvgIpc) is 2.48. The molecule has 1 heterocycles. The number of anilines is 2. The normalized spacial score (nSPS) is 9.67. The zero-order valence-corrected chi connectivity index (χ0v) is 10.5. The van der Waals surface area contributed by atoms with Gasteiger partial charge in [-0.3, -0.25) is 10.1 Å². The Bertz CT molecular complexity index is 750. The molecule has 0 spiro atoms. The molecule has 0 unspecified atom stereocenters. The van der Waals surface area contributed by atoms with Crippen LogP contribution in [0.15, 0.2) is 36.5 Å². The number of hydrogen-bond acceptors (Lipinski definition) is 6. The second-order valence-corrected chi connectivity index (χ2v) is 3.97. The molecule has 0 radical (unpaired) electrons. The third-order valence-corrected chi connectivity index (χ3v) is 2.60. The summed E-state index contributed by atoms with van der Waals surface area (Å²) in [5, 5.41) is 31.2. The van der Waals surface area contributed by atoms with Crippen molar-refractivity contribution in [2.45, 2.75) is 0 Å². The first-order chi connectivity index (χ1) is 10.0. The fourth-order valence-corrected chi connectivity index (χ4v) is 1.57. The van der Waals surface area contributed by atoms with Crippen molar-refractivity contribution >= 4 is 23.2 Å². The Labute approximate surface area is 118 Å². The molecule has 0 fully saturated rings. The molecular weight excluding hydrogens is 276 g/mol. The minimum absolute atomic E-state index is 0.0199. The van der Waals surface area contributed by atoms with Crippen LogP contribution in [0, 0.1) is 21.4 Å². The van der Waals surface area contributed by atoms with Gasteiger partial charge in [0.15, 0.2) is 0 Å². The molecule has 2 aromatic rings. The number of aromatic nitrogens is 1. The molecule has 0 amide bonds. The molecule has 8 heteroatoms. The number of carboxylic acids is 1. The number of nitro groups is 1. The molecule has 0 aliphatic rings. The van der Waals surface area contributed by atoms with Crippen molar-refractivity contribution in [1.82, 2.24) is 4.98 Å². The highest BCUT2D eigenvalue weighted by Gasteiger charge is 2.12. The van der Waals surface area contributed by atoms with E-state index in [1.54, 1.807) is 0 Å². The number of pyridine rings is 1. The summed E-state index contributed by atoms with van der Waals surface area (Å²) in [6, 6.07) is 8.73. The quantitative estimate of drug-likeness (QED) is 0.650. The van der Waals surface area contributed by atoms with Gasteiger partial charge in [-0.2, -0.15) is 5.26 Å². The third-order valence-electron chi connectivity index (χ3n) is 2.60. The fourth-order valence-electron chi connectivity index (χ4n) is 1.57. The van der Waals surface area contributed by atoms with Gasteiger partial charge in [0.1, 0.15) is 23.6 Å². The molecule has 0 saturated carbocycles. The highest BCUT2D eigenvalue weighted by Crippen LogP contribution is 2.22. The lowest BCUT2D eigenvalue weighted by atomic mass is 10.2. The van der Waals surface area contributed by atoms with E-state index in [1.807, 2.05) is 6.07 Å². The Morgan fingerprint density at radius 2 is 2.05 bits per heavy atom. The van der Waals surface area contributed by atoms with Gasteiger partial charge in [0.25, 0.3) is 5.69 Å². The number of carbonyl (C=O) groups is 1. The number of nitrogens with one attached hydrogen (secondary N) is 1. The van der Waals surface area contributed by atoms with Gasteiger partial charge in [-0.15, -0.1) is 0 Å². The Morgan fingerprint density at radius 3 is 2.57 bits per heavy atom. The van der Waals surface area contributed by atoms with Crippen LogP contribution >= 0.6 is 0 Å². The summed E-state index contributed by atoms with van der Waals surface area (Å²) in [5.41, 5.74) is 0.375. The predicted octanol–water partition coefficient (Wildman–Crippen LogP) is 2.30. The number of benzene rings is 1. The number of carboxylic acid groups (broad SMARTS) is 1. The van der Waals surface area contributed by atoms with E-state index < -0.39 is 10.9 Å². The van der Waals surface area contributed by atoms with Crippen molar-refractivity contribution in [3.8, 4) is 6.07 Å². The SMILES string of the molecule is N#Cc1cc([N+](=O)[O-])cnc1Nc1ccc(C(=O)O)cc1. The summed E-state index contributed by atoms with van der Waals surface area (Å²) in [6.07, 6.45) is 1.04. The predicted molar refractivity (Wildman–Crippen MR) is 72.3 cm³/mol. The Hall–Kier alpha value is -3.47. The van der Waals surface area contributed by atoms with Gasteiger partial charge < -0.3 is 10.4 Å². The van der Waals surface area contributed by atoms with Crippen molar-refractivity contribution in [1.29, 1.82) is 5.26 Å². The van der Waals surface area contributed by atoms with Crippen molar-refractivity contribution in [3.05, 3.63) is 57.8 Å². The summed E-state index contributed by atoms with van der Waals surface area (Å²) in [7, 11) is 0. The van der Waals surface area contributed by atoms with Crippen LogP contribution in [0.4, 0.5) is 17.2 Å². The number of nitriles is 1. The smallest absolute Gasteiger partial charge is 0.335 e. The molecule has 0 bridgehead atoms. The van der Waals surface area contributed by atoms with Crippen LogP contribution in [-0.2, 0) is 0 Å². The molecule has 2 rings (SSSR count). The minimum Gasteiger partial charge on any atom is -0.478 e. The van der Waals surface area contributed by atoms with Gasteiger partial charge in [-0.25, -0.2) is 9.78 Å². The number of aromatic carboxylic acids is 1. The Morgan fingerprint density at radius 1 is 1.38 bits per heavy atom. The summed E-state index contributed by atoms with van der Waals surface area (Å²) < 4.78 is 0. The largest absolute Gasteiger partial charge is 0.478 e. The first-order valence-corrected chi connectivity index (χ1v) is 5.66. The molecule has 0 atom stereocenters. The van der Waals surface area contributed by atoms with E-state index in [9.17, 15) is 14.9 Å². The molecule has 0 aliphatic carbocycles. The monoisotopic (exact) mass is 284 g/mol. The second-order valence-electron chi connectivity index (χ2n) is 3.97. The summed E-state index contributed by atoms with van der Waals surface area (Å²) in [4.78, 5) is 24.5. The maximum atomic E-state index is 10.7. The molecule has 21 heavy (non-hydrogen) atoms. The average molecular weight is 284 g/mol. The van der Waals surface area contributed by atoms with Crippen LogP contribution < -0.4 is 5.32 Å². The van der Waals surface area contributed by atoms with Crippen LogP contribution in [-0.4, -0.2) is 21.0 Å². The first-order valence-electron chi connectivity index (χ1n) is 5.66. The van der Waals surface area contributed by atoms with Crippen LogP contribution in [0.25, 0.3) is 0 Å². The van der Waals surface area contributed by atoms with Crippen molar-refractivity contribution < 1.29 is 14.8 Å². The maximum Gasteiger partial charge on any atom is 0.335 e. The van der Waals surface area contributed by atoms with Gasteiger partial charge in [-0.05, 0) is 24.3 Å². The maximum absolute atomic E-state index is 10.7. The van der Waals surface area contributed by atoms with E-state index in [-0.39, 0.29) is 22.6 Å². The van der Waals surface area contributed by atoms with Gasteiger partial charge in [0.2, 0.25) is 0 Å². The molecular formula is C13H8N4O4. The fraction of sp³-hybridized carbons (Fsp3) is 0. The van der Waals surface area contributed by atoms with E-state index in [0.717, 1.165) is 12.3 Å². The number of hydrogen-bond donors (Lipinski definition) is 2. The third kappa shape index (κ3) is 3.10. The van der Waals surface area contributed by atoms with E-state index >= 15 is 0 Å². The van der Waals surface area contributed by atoms with Gasteiger partial charge >= 0.3 is 5.97 Å². The minimum atomic E-state index is -1.05. The molecule has 2 N–H and O–H groups in total. The molecule has 0 saturated heterocycles. The number of rotatable bonds is 4. The van der Waals surface area contributed by atoms with E-state index in [1.165, 1.54) is 24.3 Å². The lowest BCUT2D eigenvalue weighted by Gasteiger charge is -2.07. The standard InChI is InChI=1S/C13H8N4O4/c14-6-9-5-11(17(20)21)7-15-12(9)16-10-3-1-8(2-4-10)13(18)19/h1-5,7H,(H,15,16)(H,18,19). The summed E-state index contributed by atoms with van der Waals surface area (Å²) >= 11 is 0. The van der Waals surface area contributed by atoms with Gasteiger partial charge in [0.05, 0.1) is 10.5 Å². The summed E-state index contributed by atoms with van der Waals surface area (Å²) in [5.74, 6) is -0.890. The Balaban J connectivity index is 2.29. The van der Waals surface area contributed by atoms with Gasteiger partial charge in [0, 0.05) is 11.8 Å². The zero-order chi connectivity index (χ0) is 15.4. The van der Waals surface area contributed by atoms with Crippen LogP contribution in [0.3, 0.4) is 0 Å². The van der Waals surface area contributed by atoms with Crippen LogP contribution in [0.5, 0.6) is 0 Å². The van der Waals surface area contributed by atoms with Gasteiger partial charge in [-0.1, -0.05) is 0 Å². The first kappa shape index (κ1) is 14.0. The highest BCUT2D eigenvalue weighted by atomic mass is 16.6. The molecule has 104 valence electrons. The molecule has 8 nitrogen and oxygen atoms in total. The van der Waals surface area contributed by atoms with E-state index in [4.69, 9.17) is 10.4 Å². The molecule has 0 aliphatic heterocycles. The lowest BCUT2D eigenvalue weighted by molar-refractivity contribution is -0.385. The van der Waals surface area contributed by atoms with Crippen LogP contribution in [0.1, 0.15) is 15.9 Å². The van der Waals surface area contributed by atoms with Crippen molar-refractivity contribution in [2.75, 3.05) is 5.32 Å². The molecule has 1 aromatic heterocycles.